The van der Waals surface area contributed by atoms with E-state index in [2.05, 4.69) is 16.0 Å². The molecule has 5 fully saturated rings. The quantitative estimate of drug-likeness (QED) is 0.0356. The molecule has 25 heteroatoms. The molecule has 0 aromatic heterocycles. The van der Waals surface area contributed by atoms with E-state index in [0.29, 0.717) is 43.6 Å². The maximum Gasteiger partial charge on any atom is 0.352 e. The van der Waals surface area contributed by atoms with E-state index in [1.54, 1.807) is 0 Å². The highest BCUT2D eigenvalue weighted by Gasteiger charge is 2.43. The summed E-state index contributed by atoms with van der Waals surface area (Å²) < 4.78 is 46.4. The van der Waals surface area contributed by atoms with Crippen LogP contribution in [0.5, 0.6) is 0 Å². The van der Waals surface area contributed by atoms with Crippen molar-refractivity contribution in [3.8, 4) is 0 Å². The van der Waals surface area contributed by atoms with Gasteiger partial charge in [0.15, 0.2) is 25.2 Å². The Labute approximate surface area is 375 Å². The van der Waals surface area contributed by atoms with Crippen LogP contribution in [0, 0.1) is 0 Å². The molecular weight excluding hydrogens is 870 g/mol. The van der Waals surface area contributed by atoms with Gasteiger partial charge in [-0.05, 0) is 46.0 Å². The zero-order valence-electron chi connectivity index (χ0n) is 36.7. The first kappa shape index (κ1) is 52.4. The highest BCUT2D eigenvalue weighted by Crippen LogP contribution is 2.30. The smallest absolute Gasteiger partial charge is 0.352 e. The number of aliphatic hydroxyl groups excluding tert-OH is 5. The summed E-state index contributed by atoms with van der Waals surface area (Å²) >= 11 is 0. The van der Waals surface area contributed by atoms with Crippen molar-refractivity contribution in [2.45, 2.75) is 152 Å². The second kappa shape index (κ2) is 26.1. The number of carbonyl (C=O) groups excluding carboxylic acids is 6. The summed E-state index contributed by atoms with van der Waals surface area (Å²) in [5, 5.41) is 59.4. The average molecular weight is 936 g/mol. The lowest BCUT2D eigenvalue weighted by Crippen LogP contribution is -2.55. The molecule has 8 N–H and O–H groups in total. The Morgan fingerprint density at radius 2 is 1.25 bits per heavy atom. The Morgan fingerprint density at radius 3 is 1.86 bits per heavy atom. The van der Waals surface area contributed by atoms with Gasteiger partial charge in [-0.3, -0.25) is 28.9 Å². The third kappa shape index (κ3) is 16.9. The summed E-state index contributed by atoms with van der Waals surface area (Å²) in [7, 11) is 0. The summed E-state index contributed by atoms with van der Waals surface area (Å²) in [5.41, 5.74) is 0. The fourth-order valence-corrected chi connectivity index (χ4v) is 7.57. The Bertz CT molecular complexity index is 1570. The normalized spacial score (nSPS) is 33.2. The van der Waals surface area contributed by atoms with Crippen LogP contribution in [-0.4, -0.2) is 217 Å². The van der Waals surface area contributed by atoms with E-state index < -0.39 is 136 Å². The minimum absolute atomic E-state index is 0.00712. The van der Waals surface area contributed by atoms with Gasteiger partial charge in [0.2, 0.25) is 17.7 Å². The van der Waals surface area contributed by atoms with Crippen molar-refractivity contribution in [3.05, 3.63) is 0 Å². The van der Waals surface area contributed by atoms with E-state index in [9.17, 15) is 54.3 Å². The number of hydrogen-bond acceptors (Lipinski definition) is 21. The zero-order chi connectivity index (χ0) is 47.0. The molecule has 65 heavy (non-hydrogen) atoms. The standard InChI is InChI=1S/C40H65N5O20/c1-22-3-5-26(48)38(60-22)57-13-11-41-30(50)17-44(19-32(52)43-16-35(55)65-45-33(53)8-9-34(45)54)18-31(51)42-12-14-58-40-37(56)28(64-39-27(49)6-4-23(2)61-39)15-24(62-40)21-59-36-10-7-25(47)29(20-46)63-36/h22-29,36-40,46-49,56H,3-21H2,1-2H3,(H,41,50)(H,42,51)(H,43,52)/t22-,23+,24-,25-,26-,27-,28-,29+,36-,37-,38+,39+,40-/m0/s1. The van der Waals surface area contributed by atoms with Gasteiger partial charge in [0.1, 0.15) is 31.0 Å². The monoisotopic (exact) mass is 935 g/mol. The highest BCUT2D eigenvalue weighted by molar-refractivity contribution is 6.01. The third-order valence-corrected chi connectivity index (χ3v) is 11.1. The third-order valence-electron chi connectivity index (χ3n) is 11.1. The molecule has 25 nitrogen and oxygen atoms in total. The minimum Gasteiger partial charge on any atom is -0.394 e. The van der Waals surface area contributed by atoms with Crippen molar-refractivity contribution in [2.75, 3.05) is 65.7 Å². The number of carbonyl (C=O) groups is 6. The number of hydrogen-bond donors (Lipinski definition) is 8. The molecule has 370 valence electrons. The Balaban J connectivity index is 1.12. The Morgan fingerprint density at radius 1 is 0.692 bits per heavy atom. The van der Waals surface area contributed by atoms with Crippen LogP contribution in [0.4, 0.5) is 0 Å². The van der Waals surface area contributed by atoms with Gasteiger partial charge in [-0.15, -0.1) is 5.06 Å². The Kier molecular flexibility index (Phi) is 21.1. The molecule has 0 unspecified atom stereocenters. The fraction of sp³-hybridized carbons (Fsp3) is 0.850. The van der Waals surface area contributed by atoms with Gasteiger partial charge in [0.05, 0.1) is 76.6 Å². The maximum absolute atomic E-state index is 13.2. The van der Waals surface area contributed by atoms with E-state index >= 15 is 0 Å². The van der Waals surface area contributed by atoms with Gasteiger partial charge < -0.3 is 84.2 Å². The van der Waals surface area contributed by atoms with Crippen LogP contribution in [0.2, 0.25) is 0 Å². The minimum atomic E-state index is -1.37. The molecule has 0 saturated carbocycles. The topological polar surface area (TPSA) is 329 Å². The van der Waals surface area contributed by atoms with E-state index in [1.807, 2.05) is 13.8 Å². The van der Waals surface area contributed by atoms with Crippen molar-refractivity contribution >= 4 is 35.5 Å². The zero-order valence-corrected chi connectivity index (χ0v) is 36.7. The predicted octanol–water partition coefficient (Wildman–Crippen LogP) is -4.21. The van der Waals surface area contributed by atoms with Crippen LogP contribution in [0.1, 0.15) is 71.6 Å². The van der Waals surface area contributed by atoms with Crippen LogP contribution in [0.15, 0.2) is 0 Å². The maximum atomic E-state index is 13.2. The first-order valence-corrected chi connectivity index (χ1v) is 22.1. The summed E-state index contributed by atoms with van der Waals surface area (Å²) in [6, 6.07) is 0. The molecular formula is C40H65N5O20. The average Bonchev–Trinajstić information content (AvgIpc) is 3.58. The molecule has 5 saturated heterocycles. The SMILES string of the molecule is C[C@@H]1CC[C@H](O)[C@@H](O[C@H]2C[C@@H](CO[C@@H]3CC[C@H](O)[C@@H](CO)O3)O[C@H](OCCNC(=O)CN(CC(=O)NCCO[C@@H]3O[C@@H](C)CC[C@@H]3O)CC(=O)NCC(=O)ON3C(=O)CCC3=O)[C@H]2O)O1. The predicted molar refractivity (Wildman–Crippen MR) is 215 cm³/mol. The van der Waals surface area contributed by atoms with Gasteiger partial charge in [0.25, 0.3) is 11.8 Å². The lowest BCUT2D eigenvalue weighted by Gasteiger charge is -2.42. The number of ether oxygens (including phenoxy) is 8. The lowest BCUT2D eigenvalue weighted by atomic mass is 10.0. The van der Waals surface area contributed by atoms with E-state index in [1.165, 1.54) is 4.90 Å². The first-order chi connectivity index (χ1) is 31.1. The number of nitrogens with one attached hydrogen (secondary N) is 3. The molecule has 0 aromatic rings. The molecule has 5 aliphatic heterocycles. The number of hydroxylamine groups is 2. The molecule has 5 amide bonds. The van der Waals surface area contributed by atoms with Crippen molar-refractivity contribution in [1.29, 1.82) is 0 Å². The lowest BCUT2D eigenvalue weighted by molar-refractivity contribution is -0.324. The van der Waals surface area contributed by atoms with Crippen molar-refractivity contribution in [1.82, 2.24) is 25.9 Å². The molecule has 5 aliphatic rings. The van der Waals surface area contributed by atoms with E-state index in [-0.39, 0.29) is 64.4 Å². The van der Waals surface area contributed by atoms with Crippen molar-refractivity contribution < 1.29 is 97.0 Å². The second-order valence-electron chi connectivity index (χ2n) is 16.6. The molecule has 0 radical (unpaired) electrons. The summed E-state index contributed by atoms with van der Waals surface area (Å²) in [5.74, 6) is -4.54. The van der Waals surface area contributed by atoms with Crippen LogP contribution < -0.4 is 16.0 Å². The van der Waals surface area contributed by atoms with Crippen LogP contribution in [0.25, 0.3) is 0 Å². The molecule has 5 rings (SSSR count). The summed E-state index contributed by atoms with van der Waals surface area (Å²) in [6.07, 6.45) is -7.89. The molecule has 0 bridgehead atoms. The van der Waals surface area contributed by atoms with Gasteiger partial charge in [-0.1, -0.05) is 0 Å². The summed E-state index contributed by atoms with van der Waals surface area (Å²) in [6.45, 7) is 0.686. The molecule has 0 aromatic carbocycles. The molecule has 0 aliphatic carbocycles. The van der Waals surface area contributed by atoms with Gasteiger partial charge >= 0.3 is 5.97 Å². The van der Waals surface area contributed by atoms with Crippen LogP contribution in [0.3, 0.4) is 0 Å². The summed E-state index contributed by atoms with van der Waals surface area (Å²) in [4.78, 5) is 80.7. The van der Waals surface area contributed by atoms with Crippen molar-refractivity contribution in [2.24, 2.45) is 0 Å². The van der Waals surface area contributed by atoms with Gasteiger partial charge in [0, 0.05) is 38.8 Å². The van der Waals surface area contributed by atoms with Crippen LogP contribution in [-0.2, 0) is 71.5 Å². The first-order valence-electron chi connectivity index (χ1n) is 22.1. The number of amides is 5. The van der Waals surface area contributed by atoms with Crippen molar-refractivity contribution in [3.63, 3.8) is 0 Å². The fourth-order valence-electron chi connectivity index (χ4n) is 7.57. The van der Waals surface area contributed by atoms with Crippen LogP contribution >= 0.6 is 0 Å². The Hall–Kier alpha value is -3.54. The van der Waals surface area contributed by atoms with Gasteiger partial charge in [-0.2, -0.15) is 0 Å². The number of nitrogens with zero attached hydrogens (tertiary/aromatic N) is 2. The van der Waals surface area contributed by atoms with E-state index in [0.717, 1.165) is 0 Å². The molecule has 5 heterocycles. The van der Waals surface area contributed by atoms with Gasteiger partial charge in [-0.25, -0.2) is 4.79 Å². The number of rotatable bonds is 23. The molecule has 13 atom stereocenters. The molecule has 0 spiro atoms. The second-order valence-corrected chi connectivity index (χ2v) is 16.6. The van der Waals surface area contributed by atoms with E-state index in [4.69, 9.17) is 42.7 Å². The number of aliphatic hydroxyl groups is 5. The highest BCUT2D eigenvalue weighted by atomic mass is 16.7. The largest absolute Gasteiger partial charge is 0.394 e. The number of imide groups is 1.